The molecule has 0 aliphatic heterocycles. The summed E-state index contributed by atoms with van der Waals surface area (Å²) in [5.41, 5.74) is 1.83. The largest absolute Gasteiger partial charge is 0.491 e. The summed E-state index contributed by atoms with van der Waals surface area (Å²) < 4.78 is 5.62. The minimum Gasteiger partial charge on any atom is -0.491 e. The number of hydrogen-bond acceptors (Lipinski definition) is 3. The van der Waals surface area contributed by atoms with Crippen molar-refractivity contribution in [1.82, 2.24) is 5.32 Å². The Morgan fingerprint density at radius 3 is 2.52 bits per heavy atom. The molecule has 2 rings (SSSR count). The van der Waals surface area contributed by atoms with Gasteiger partial charge in [-0.05, 0) is 48.8 Å². The van der Waals surface area contributed by atoms with Crippen LogP contribution < -0.4 is 10.1 Å². The van der Waals surface area contributed by atoms with E-state index in [9.17, 15) is 5.11 Å². The van der Waals surface area contributed by atoms with Gasteiger partial charge in [-0.3, -0.25) is 0 Å². The van der Waals surface area contributed by atoms with Crippen LogP contribution in [0.5, 0.6) is 5.75 Å². The quantitative estimate of drug-likeness (QED) is 0.696. The van der Waals surface area contributed by atoms with Gasteiger partial charge in [-0.1, -0.05) is 32.4 Å². The van der Waals surface area contributed by atoms with E-state index in [4.69, 9.17) is 4.74 Å². The van der Waals surface area contributed by atoms with Crippen LogP contribution in [-0.2, 0) is 6.42 Å². The summed E-state index contributed by atoms with van der Waals surface area (Å²) in [6.07, 6.45) is 5.81. The normalized spacial score (nSPS) is 17.5. The van der Waals surface area contributed by atoms with Gasteiger partial charge < -0.3 is 15.2 Å². The predicted molar refractivity (Wildman–Crippen MR) is 86.8 cm³/mol. The Morgan fingerprint density at radius 1 is 1.24 bits per heavy atom. The van der Waals surface area contributed by atoms with Crippen LogP contribution in [0.3, 0.4) is 0 Å². The van der Waals surface area contributed by atoms with Gasteiger partial charge in [0.25, 0.3) is 0 Å². The molecule has 2 N–H and O–H groups in total. The number of aryl methyl sites for hydroxylation is 1. The van der Waals surface area contributed by atoms with Gasteiger partial charge in [0.15, 0.2) is 0 Å². The molecule has 0 bridgehead atoms. The van der Waals surface area contributed by atoms with Crippen molar-refractivity contribution < 1.29 is 9.84 Å². The second-order valence-corrected chi connectivity index (χ2v) is 6.34. The van der Waals surface area contributed by atoms with Crippen LogP contribution in [0.2, 0.25) is 0 Å². The summed E-state index contributed by atoms with van der Waals surface area (Å²) in [6.45, 7) is 6.36. The van der Waals surface area contributed by atoms with Crippen LogP contribution in [0.25, 0.3) is 0 Å². The van der Waals surface area contributed by atoms with E-state index < -0.39 is 6.10 Å². The van der Waals surface area contributed by atoms with Gasteiger partial charge in [-0.25, -0.2) is 0 Å². The van der Waals surface area contributed by atoms with Gasteiger partial charge in [0.05, 0.1) is 0 Å². The Kier molecular flexibility index (Phi) is 6.07. The highest BCUT2D eigenvalue weighted by atomic mass is 16.5. The molecule has 1 saturated carbocycles. The zero-order valence-corrected chi connectivity index (χ0v) is 13.4. The van der Waals surface area contributed by atoms with Crippen LogP contribution >= 0.6 is 0 Å². The van der Waals surface area contributed by atoms with Gasteiger partial charge in [-0.2, -0.15) is 0 Å². The lowest BCUT2D eigenvalue weighted by Crippen LogP contribution is -2.34. The first-order valence-electron chi connectivity index (χ1n) is 8.28. The maximum atomic E-state index is 9.97. The molecule has 1 fully saturated rings. The molecule has 3 heteroatoms. The fourth-order valence-corrected chi connectivity index (χ4v) is 2.80. The zero-order valence-electron chi connectivity index (χ0n) is 13.4. The van der Waals surface area contributed by atoms with Gasteiger partial charge >= 0.3 is 0 Å². The van der Waals surface area contributed by atoms with Crippen LogP contribution in [-0.4, -0.2) is 30.9 Å². The Balaban J connectivity index is 1.61. The average molecular weight is 291 g/mol. The first kappa shape index (κ1) is 16.3. The molecule has 0 spiro atoms. The molecule has 1 unspecified atom stereocenters. The lowest BCUT2D eigenvalue weighted by atomic mass is 10.0. The van der Waals surface area contributed by atoms with Crippen LogP contribution in [0.4, 0.5) is 0 Å². The van der Waals surface area contributed by atoms with E-state index in [2.05, 4.69) is 31.3 Å². The molecule has 1 atom stereocenters. The number of rotatable bonds is 10. The maximum absolute atomic E-state index is 9.97. The van der Waals surface area contributed by atoms with Crippen molar-refractivity contribution in [3.8, 4) is 5.75 Å². The molecule has 0 radical (unpaired) electrons. The van der Waals surface area contributed by atoms with E-state index in [-0.39, 0.29) is 0 Å². The van der Waals surface area contributed by atoms with Crippen molar-refractivity contribution in [2.24, 2.45) is 5.41 Å². The van der Waals surface area contributed by atoms with E-state index in [1.165, 1.54) is 31.2 Å². The first-order chi connectivity index (χ1) is 10.2. The molecule has 3 nitrogen and oxygen atoms in total. The lowest BCUT2D eigenvalue weighted by Gasteiger charge is -2.17. The summed E-state index contributed by atoms with van der Waals surface area (Å²) in [4.78, 5) is 0. The minimum absolute atomic E-state index is 0.346. The molecule has 21 heavy (non-hydrogen) atoms. The van der Waals surface area contributed by atoms with E-state index in [0.29, 0.717) is 18.6 Å². The Morgan fingerprint density at radius 2 is 1.95 bits per heavy atom. The van der Waals surface area contributed by atoms with Crippen molar-refractivity contribution in [2.75, 3.05) is 19.7 Å². The summed E-state index contributed by atoms with van der Waals surface area (Å²) in [5.74, 6) is 0.830. The highest BCUT2D eigenvalue weighted by molar-refractivity contribution is 5.27. The smallest absolute Gasteiger partial charge is 0.119 e. The minimum atomic E-state index is -0.451. The number of benzene rings is 1. The molecule has 1 aromatic carbocycles. The lowest BCUT2D eigenvalue weighted by molar-refractivity contribution is 0.105. The fraction of sp³-hybridized carbons (Fsp3) is 0.667. The fourth-order valence-electron chi connectivity index (χ4n) is 2.80. The molecule has 118 valence electrons. The van der Waals surface area contributed by atoms with Crippen LogP contribution in [0.15, 0.2) is 24.3 Å². The maximum Gasteiger partial charge on any atom is 0.119 e. The Bertz CT molecular complexity index is 412. The van der Waals surface area contributed by atoms with E-state index in [0.717, 1.165) is 18.7 Å². The molecular formula is C18H29NO2. The number of nitrogens with one attached hydrogen (secondary N) is 1. The molecular weight excluding hydrogens is 262 g/mol. The number of hydrogen-bond donors (Lipinski definition) is 2. The summed E-state index contributed by atoms with van der Waals surface area (Å²) in [7, 11) is 0. The molecule has 0 amide bonds. The van der Waals surface area contributed by atoms with Gasteiger partial charge in [-0.15, -0.1) is 0 Å². The topological polar surface area (TPSA) is 41.5 Å². The molecule has 0 heterocycles. The zero-order chi connectivity index (χ0) is 15.1. The second-order valence-electron chi connectivity index (χ2n) is 6.34. The molecule has 1 aliphatic carbocycles. The Labute approximate surface area is 128 Å². The molecule has 1 aromatic rings. The SMILES string of the molecule is CCCC1(CNCC(O)COc2ccc(CC)cc2)CC1. The summed E-state index contributed by atoms with van der Waals surface area (Å²) >= 11 is 0. The van der Waals surface area contributed by atoms with Crippen LogP contribution in [0, 0.1) is 5.41 Å². The summed E-state index contributed by atoms with van der Waals surface area (Å²) in [6, 6.07) is 8.09. The molecule has 1 aliphatic rings. The average Bonchev–Trinajstić information content (AvgIpc) is 3.26. The van der Waals surface area contributed by atoms with Gasteiger partial charge in [0.2, 0.25) is 0 Å². The van der Waals surface area contributed by atoms with Gasteiger partial charge in [0, 0.05) is 13.1 Å². The monoisotopic (exact) mass is 291 g/mol. The van der Waals surface area contributed by atoms with E-state index in [1.54, 1.807) is 0 Å². The molecule has 0 saturated heterocycles. The van der Waals surface area contributed by atoms with Gasteiger partial charge in [0.1, 0.15) is 18.5 Å². The highest BCUT2D eigenvalue weighted by Gasteiger charge is 2.40. The second kappa shape index (κ2) is 7.81. The van der Waals surface area contributed by atoms with Crippen molar-refractivity contribution in [3.63, 3.8) is 0 Å². The predicted octanol–water partition coefficient (Wildman–Crippen LogP) is 3.16. The van der Waals surface area contributed by atoms with Crippen LogP contribution in [0.1, 0.15) is 45.1 Å². The third kappa shape index (κ3) is 5.33. The van der Waals surface area contributed by atoms with E-state index in [1.807, 2.05) is 12.1 Å². The van der Waals surface area contributed by atoms with Crippen molar-refractivity contribution in [3.05, 3.63) is 29.8 Å². The van der Waals surface area contributed by atoms with Crippen molar-refractivity contribution in [1.29, 1.82) is 0 Å². The molecule has 0 aromatic heterocycles. The number of ether oxygens (including phenoxy) is 1. The third-order valence-electron chi connectivity index (χ3n) is 4.39. The standard InChI is InChI=1S/C18H29NO2/c1-3-9-18(10-11-18)14-19-12-16(20)13-21-17-7-5-15(4-2)6-8-17/h5-8,16,19-20H,3-4,9-14H2,1-2H3. The van der Waals surface area contributed by atoms with E-state index >= 15 is 0 Å². The third-order valence-corrected chi connectivity index (χ3v) is 4.39. The number of aliphatic hydroxyl groups is 1. The first-order valence-corrected chi connectivity index (χ1v) is 8.28. The van der Waals surface area contributed by atoms with Crippen molar-refractivity contribution >= 4 is 0 Å². The number of aliphatic hydroxyl groups excluding tert-OH is 1. The Hall–Kier alpha value is -1.06. The van der Waals surface area contributed by atoms with Crippen molar-refractivity contribution in [2.45, 2.75) is 52.1 Å². The highest BCUT2D eigenvalue weighted by Crippen LogP contribution is 2.48. The summed E-state index contributed by atoms with van der Waals surface area (Å²) in [5, 5.41) is 13.4.